The van der Waals surface area contributed by atoms with Gasteiger partial charge in [-0.15, -0.1) is 0 Å². The molecule has 1 N–H and O–H groups in total. The molecule has 1 amide bonds. The standard InChI is InChI=1S/C20H20F3NO/c1-3-14(2)16-8-10-18(11-9-16)24-19(25)12-7-15-5-4-6-17(13-15)20(21,22)23/h4-14H,3H2,1-2H3,(H,24,25)/b12-7+/t14-/m0/s1. The van der Waals surface area contributed by atoms with E-state index >= 15 is 0 Å². The normalized spacial score (nSPS) is 13.0. The second kappa shape index (κ2) is 8.01. The van der Waals surface area contributed by atoms with Gasteiger partial charge < -0.3 is 5.32 Å². The summed E-state index contributed by atoms with van der Waals surface area (Å²) in [7, 11) is 0. The molecular formula is C20H20F3NO. The molecule has 0 unspecified atom stereocenters. The molecule has 0 spiro atoms. The predicted molar refractivity (Wildman–Crippen MR) is 94.3 cm³/mol. The highest BCUT2D eigenvalue weighted by atomic mass is 19.4. The number of halogens is 3. The lowest BCUT2D eigenvalue weighted by Crippen LogP contribution is -2.08. The molecule has 2 nitrogen and oxygen atoms in total. The number of amides is 1. The molecular weight excluding hydrogens is 327 g/mol. The van der Waals surface area contributed by atoms with E-state index in [-0.39, 0.29) is 0 Å². The highest BCUT2D eigenvalue weighted by Gasteiger charge is 2.30. The largest absolute Gasteiger partial charge is 0.416 e. The van der Waals surface area contributed by atoms with Gasteiger partial charge >= 0.3 is 6.18 Å². The summed E-state index contributed by atoms with van der Waals surface area (Å²) in [6.07, 6.45) is -0.787. The lowest BCUT2D eigenvalue weighted by atomic mass is 9.99. The number of benzene rings is 2. The van der Waals surface area contributed by atoms with Crippen LogP contribution in [0.1, 0.15) is 42.9 Å². The van der Waals surface area contributed by atoms with E-state index in [1.165, 1.54) is 29.8 Å². The number of rotatable bonds is 5. The second-order valence-corrected chi connectivity index (χ2v) is 5.88. The summed E-state index contributed by atoms with van der Waals surface area (Å²) in [5, 5.41) is 2.69. The molecule has 0 bridgehead atoms. The van der Waals surface area contributed by atoms with Crippen LogP contribution in [-0.4, -0.2) is 5.91 Å². The van der Waals surface area contributed by atoms with Crippen LogP contribution in [0.3, 0.4) is 0 Å². The van der Waals surface area contributed by atoms with Crippen molar-refractivity contribution >= 4 is 17.7 Å². The molecule has 0 saturated carbocycles. The summed E-state index contributed by atoms with van der Waals surface area (Å²) in [5.74, 6) is 0.0549. The molecule has 0 heterocycles. The van der Waals surface area contributed by atoms with E-state index in [4.69, 9.17) is 0 Å². The van der Waals surface area contributed by atoms with Crippen molar-refractivity contribution in [2.24, 2.45) is 0 Å². The van der Waals surface area contributed by atoms with Crippen molar-refractivity contribution in [2.75, 3.05) is 5.32 Å². The fraction of sp³-hybridized carbons (Fsp3) is 0.250. The fourth-order valence-corrected chi connectivity index (χ4v) is 2.31. The van der Waals surface area contributed by atoms with E-state index in [9.17, 15) is 18.0 Å². The molecule has 132 valence electrons. The third kappa shape index (κ3) is 5.48. The maximum atomic E-state index is 12.7. The third-order valence-electron chi connectivity index (χ3n) is 4.00. The number of nitrogens with one attached hydrogen (secondary N) is 1. The zero-order chi connectivity index (χ0) is 18.4. The van der Waals surface area contributed by atoms with Crippen LogP contribution in [0.2, 0.25) is 0 Å². The third-order valence-corrected chi connectivity index (χ3v) is 4.00. The summed E-state index contributed by atoms with van der Waals surface area (Å²) in [6.45, 7) is 4.24. The van der Waals surface area contributed by atoms with Crippen molar-refractivity contribution in [3.63, 3.8) is 0 Å². The van der Waals surface area contributed by atoms with E-state index in [1.807, 2.05) is 24.3 Å². The second-order valence-electron chi connectivity index (χ2n) is 5.88. The van der Waals surface area contributed by atoms with E-state index < -0.39 is 17.6 Å². The van der Waals surface area contributed by atoms with Gasteiger partial charge in [-0.25, -0.2) is 0 Å². The summed E-state index contributed by atoms with van der Waals surface area (Å²) < 4.78 is 38.0. The van der Waals surface area contributed by atoms with Gasteiger partial charge in [-0.3, -0.25) is 4.79 Å². The zero-order valence-electron chi connectivity index (χ0n) is 14.1. The van der Waals surface area contributed by atoms with Gasteiger partial charge in [0.25, 0.3) is 0 Å². The van der Waals surface area contributed by atoms with Crippen LogP contribution in [0.25, 0.3) is 6.08 Å². The lowest BCUT2D eigenvalue weighted by Gasteiger charge is -2.10. The Bertz CT molecular complexity index is 748. The highest BCUT2D eigenvalue weighted by Crippen LogP contribution is 2.29. The summed E-state index contributed by atoms with van der Waals surface area (Å²) in [6, 6.07) is 12.4. The highest BCUT2D eigenvalue weighted by molar-refractivity contribution is 6.01. The first kappa shape index (κ1) is 18.8. The molecule has 0 aromatic heterocycles. The zero-order valence-corrected chi connectivity index (χ0v) is 14.1. The van der Waals surface area contributed by atoms with Gasteiger partial charge in [0, 0.05) is 11.8 Å². The van der Waals surface area contributed by atoms with Crippen LogP contribution in [0.15, 0.2) is 54.6 Å². The van der Waals surface area contributed by atoms with Crippen molar-refractivity contribution < 1.29 is 18.0 Å². The average molecular weight is 347 g/mol. The molecule has 1 atom stereocenters. The number of hydrogen-bond donors (Lipinski definition) is 1. The summed E-state index contributed by atoms with van der Waals surface area (Å²) in [4.78, 5) is 11.9. The molecule has 2 rings (SSSR count). The summed E-state index contributed by atoms with van der Waals surface area (Å²) >= 11 is 0. The molecule has 2 aromatic rings. The van der Waals surface area contributed by atoms with E-state index in [1.54, 1.807) is 0 Å². The van der Waals surface area contributed by atoms with Gasteiger partial charge in [0.1, 0.15) is 0 Å². The Morgan fingerprint density at radius 1 is 1.16 bits per heavy atom. The van der Waals surface area contributed by atoms with Crippen LogP contribution < -0.4 is 5.32 Å². The topological polar surface area (TPSA) is 29.1 Å². The minimum atomic E-state index is -4.40. The van der Waals surface area contributed by atoms with Crippen LogP contribution in [-0.2, 0) is 11.0 Å². The van der Waals surface area contributed by atoms with Crippen molar-refractivity contribution in [1.29, 1.82) is 0 Å². The Morgan fingerprint density at radius 3 is 2.44 bits per heavy atom. The van der Waals surface area contributed by atoms with Crippen LogP contribution in [0.5, 0.6) is 0 Å². The molecule has 0 aliphatic carbocycles. The first-order valence-corrected chi connectivity index (χ1v) is 8.06. The van der Waals surface area contributed by atoms with E-state index in [2.05, 4.69) is 19.2 Å². The predicted octanol–water partition coefficient (Wildman–Crippen LogP) is 5.87. The molecule has 0 aliphatic rings. The maximum Gasteiger partial charge on any atom is 0.416 e. The van der Waals surface area contributed by atoms with Crippen molar-refractivity contribution in [3.8, 4) is 0 Å². The Kier molecular flexibility index (Phi) is 6.02. The molecule has 0 saturated heterocycles. The molecule has 2 aromatic carbocycles. The smallest absolute Gasteiger partial charge is 0.323 e. The number of carbonyl (C=O) groups excluding carboxylic acids is 1. The van der Waals surface area contributed by atoms with Gasteiger partial charge in [-0.2, -0.15) is 13.2 Å². The van der Waals surface area contributed by atoms with Crippen LogP contribution in [0, 0.1) is 0 Å². The number of hydrogen-bond acceptors (Lipinski definition) is 1. The minimum Gasteiger partial charge on any atom is -0.323 e. The Morgan fingerprint density at radius 2 is 1.84 bits per heavy atom. The fourth-order valence-electron chi connectivity index (χ4n) is 2.31. The first-order valence-electron chi connectivity index (χ1n) is 8.06. The SMILES string of the molecule is CC[C@H](C)c1ccc(NC(=O)/C=C/c2cccc(C(F)(F)F)c2)cc1. The monoisotopic (exact) mass is 347 g/mol. The molecule has 25 heavy (non-hydrogen) atoms. The van der Waals surface area contributed by atoms with Crippen LogP contribution >= 0.6 is 0 Å². The quantitative estimate of drug-likeness (QED) is 0.673. The summed E-state index contributed by atoms with van der Waals surface area (Å²) in [5.41, 5.74) is 1.42. The van der Waals surface area contributed by atoms with Crippen LogP contribution in [0.4, 0.5) is 18.9 Å². The molecule has 0 fully saturated rings. The Hall–Kier alpha value is -2.56. The van der Waals surface area contributed by atoms with Gasteiger partial charge in [-0.1, -0.05) is 38.1 Å². The van der Waals surface area contributed by atoms with Gasteiger partial charge in [0.05, 0.1) is 5.56 Å². The van der Waals surface area contributed by atoms with Gasteiger partial charge in [0.2, 0.25) is 5.91 Å². The van der Waals surface area contributed by atoms with Gasteiger partial charge in [-0.05, 0) is 53.8 Å². The van der Waals surface area contributed by atoms with Crippen molar-refractivity contribution in [1.82, 2.24) is 0 Å². The number of anilines is 1. The lowest BCUT2D eigenvalue weighted by molar-refractivity contribution is -0.137. The molecule has 0 radical (unpaired) electrons. The average Bonchev–Trinajstić information content (AvgIpc) is 2.59. The Labute approximate surface area is 145 Å². The number of alkyl halides is 3. The van der Waals surface area contributed by atoms with Crippen molar-refractivity contribution in [2.45, 2.75) is 32.4 Å². The Balaban J connectivity index is 2.01. The first-order chi connectivity index (χ1) is 11.8. The molecule has 5 heteroatoms. The van der Waals surface area contributed by atoms with Gasteiger partial charge in [0.15, 0.2) is 0 Å². The molecule has 0 aliphatic heterocycles. The maximum absolute atomic E-state index is 12.7. The van der Waals surface area contributed by atoms with E-state index in [0.717, 1.165) is 18.6 Å². The number of carbonyl (C=O) groups is 1. The minimum absolute atomic E-state index is 0.317. The van der Waals surface area contributed by atoms with Crippen molar-refractivity contribution in [3.05, 3.63) is 71.3 Å². The van der Waals surface area contributed by atoms with E-state index in [0.29, 0.717) is 17.2 Å².